The van der Waals surface area contributed by atoms with Crippen LogP contribution in [-0.4, -0.2) is 0 Å². The molecule has 0 nitrogen and oxygen atoms in total. The zero-order chi connectivity index (χ0) is 57.6. The van der Waals surface area contributed by atoms with E-state index in [0.717, 1.165) is 0 Å². The topological polar surface area (TPSA) is 0 Å². The van der Waals surface area contributed by atoms with Gasteiger partial charge in [-0.2, -0.15) is 0 Å². The molecule has 0 aromatic heterocycles. The lowest BCUT2D eigenvalue weighted by molar-refractivity contribution is 1.61. The highest BCUT2D eigenvalue weighted by Crippen LogP contribution is 2.58. The Hall–Kier alpha value is -10.0. The summed E-state index contributed by atoms with van der Waals surface area (Å²) in [6.45, 7) is 0. The maximum Gasteiger partial charge on any atom is 0.0441 e. The van der Waals surface area contributed by atoms with Crippen molar-refractivity contribution in [1.29, 1.82) is 0 Å². The Morgan fingerprint density at radius 3 is 0.739 bits per heavy atom. The molecule has 0 saturated carbocycles. The Kier molecular flexibility index (Phi) is 11.3. The molecule has 88 heavy (non-hydrogen) atoms. The van der Waals surface area contributed by atoms with Crippen LogP contribution in [0.3, 0.4) is 0 Å². The summed E-state index contributed by atoms with van der Waals surface area (Å²) < 4.78 is 10.9. The largest absolute Gasteiger partial charge is 0.134 e. The van der Waals surface area contributed by atoms with E-state index in [2.05, 4.69) is 291 Å². The van der Waals surface area contributed by atoms with Crippen molar-refractivity contribution in [3.05, 3.63) is 291 Å². The number of benzene rings is 16. The predicted octanol–water partition coefficient (Wildman–Crippen LogP) is 26.2. The maximum absolute atomic E-state index is 2.43. The zero-order valence-electron chi connectivity index (χ0n) is 47.3. The second-order valence-corrected chi connectivity index (χ2v) is 27.6. The third kappa shape index (κ3) is 7.80. The number of hydrogen-bond acceptors (Lipinski definition) is 4. The molecule has 0 fully saturated rings. The van der Waals surface area contributed by atoms with Gasteiger partial charge in [0.25, 0.3) is 0 Å². The van der Waals surface area contributed by atoms with Gasteiger partial charge in [-0.05, 0) is 148 Å². The number of rotatable bonds is 6. The van der Waals surface area contributed by atoms with E-state index >= 15 is 0 Å². The van der Waals surface area contributed by atoms with Crippen LogP contribution >= 0.6 is 45.3 Å². The normalized spacial score (nSPS) is 12.1. The summed E-state index contributed by atoms with van der Waals surface area (Å²) in [7, 11) is 0. The van der Waals surface area contributed by atoms with Crippen molar-refractivity contribution in [1.82, 2.24) is 0 Å². The Morgan fingerprint density at radius 1 is 0.159 bits per heavy atom. The molecule has 0 N–H and O–H groups in total. The van der Waals surface area contributed by atoms with E-state index in [4.69, 9.17) is 0 Å². The van der Waals surface area contributed by atoms with Crippen LogP contribution in [0.25, 0.3) is 191 Å². The molecule has 0 radical (unpaired) electrons. The van der Waals surface area contributed by atoms with Crippen molar-refractivity contribution in [3.63, 3.8) is 0 Å². The minimum absolute atomic E-state index is 1.24. The minimum Gasteiger partial charge on any atom is -0.134 e. The fourth-order valence-corrected chi connectivity index (χ4v) is 19.4. The first-order chi connectivity index (χ1) is 43.6. The first-order valence-corrected chi connectivity index (χ1v) is 33.3. The van der Waals surface area contributed by atoms with E-state index in [1.54, 1.807) is 0 Å². The zero-order valence-corrected chi connectivity index (χ0v) is 50.6. The van der Waals surface area contributed by atoms with Gasteiger partial charge in [-0.25, -0.2) is 0 Å². The fraction of sp³-hybridized carbons (Fsp3) is 0. The standard InChI is InChI=1S/C44H26S2.C40H22S2/c1-3-9-27(10-4-1)29-17-21-31(22-18-29)35-25-33-13-7-16-38-39(33)41-42-40-34(14-8-15-37(40)45-43(35)41)26-36(44(42)46-38)32-23-19-30(20-24-32)28-11-5-2-6-12-28;1-3-9-25-19-27(17-15-23(25)7-1)31-21-29-11-5-14-34-35(29)37-38-36-30(12-6-13-33(36)41-39(31)37)22-32(40(38)42-34)28-18-16-24-8-2-4-10-26(24)20-28/h1-26H;1-22H. The monoisotopic (exact) mass is 1180 g/mol. The third-order valence-electron chi connectivity index (χ3n) is 18.4. The molecule has 16 aromatic carbocycles. The molecule has 4 heterocycles. The smallest absolute Gasteiger partial charge is 0.0441 e. The third-order valence-corrected chi connectivity index (χ3v) is 23.1. The molecule has 0 unspecified atom stereocenters. The molecule has 0 amide bonds. The maximum atomic E-state index is 2.43. The van der Waals surface area contributed by atoms with Crippen LogP contribution in [0.4, 0.5) is 0 Å². The summed E-state index contributed by atoms with van der Waals surface area (Å²) in [6, 6.07) is 108. The molecule has 4 aliphatic heterocycles. The van der Waals surface area contributed by atoms with Crippen LogP contribution in [0.2, 0.25) is 0 Å². The van der Waals surface area contributed by atoms with Gasteiger partial charge in [0, 0.05) is 104 Å². The molecule has 20 rings (SSSR count). The van der Waals surface area contributed by atoms with Crippen LogP contribution in [0.1, 0.15) is 0 Å². The van der Waals surface area contributed by atoms with Gasteiger partial charge >= 0.3 is 0 Å². The molecule has 408 valence electrons. The van der Waals surface area contributed by atoms with E-state index in [-0.39, 0.29) is 0 Å². The van der Waals surface area contributed by atoms with E-state index in [9.17, 15) is 0 Å². The van der Waals surface area contributed by atoms with Gasteiger partial charge < -0.3 is 0 Å². The van der Waals surface area contributed by atoms with Crippen LogP contribution in [0, 0.1) is 0 Å². The lowest BCUT2D eigenvalue weighted by atomic mass is 9.87. The summed E-state index contributed by atoms with van der Waals surface area (Å²) in [6.07, 6.45) is 0. The predicted molar refractivity (Wildman–Crippen MR) is 388 cm³/mol. The first kappa shape index (κ1) is 50.1. The van der Waals surface area contributed by atoms with Crippen LogP contribution in [0.15, 0.2) is 291 Å². The summed E-state index contributed by atoms with van der Waals surface area (Å²) in [5.41, 5.74) is 20.9. The highest BCUT2D eigenvalue weighted by atomic mass is 32.1. The Labute approximate surface area is 523 Å². The molecule has 16 aromatic rings. The van der Waals surface area contributed by atoms with E-state index in [1.807, 2.05) is 45.3 Å². The fourth-order valence-electron chi connectivity index (χ4n) is 14.3. The number of hydrogen-bond donors (Lipinski definition) is 0. The van der Waals surface area contributed by atoms with Crippen molar-refractivity contribution in [2.75, 3.05) is 0 Å². The molecule has 0 aliphatic carbocycles. The Bertz CT molecular complexity index is 5640. The Balaban J connectivity index is 0.000000128. The first-order valence-electron chi connectivity index (χ1n) is 30.0. The van der Waals surface area contributed by atoms with Gasteiger partial charge in [0.2, 0.25) is 0 Å². The summed E-state index contributed by atoms with van der Waals surface area (Å²) >= 11 is 7.77. The van der Waals surface area contributed by atoms with Crippen molar-refractivity contribution in [3.8, 4) is 89.0 Å². The van der Waals surface area contributed by atoms with Gasteiger partial charge in [-0.1, -0.05) is 231 Å². The van der Waals surface area contributed by atoms with Gasteiger partial charge in [0.05, 0.1) is 0 Å². The van der Waals surface area contributed by atoms with Crippen molar-refractivity contribution >= 4 is 148 Å². The van der Waals surface area contributed by atoms with E-state index < -0.39 is 0 Å². The molecular formula is C84H48S4. The van der Waals surface area contributed by atoms with Gasteiger partial charge in [-0.15, -0.1) is 45.3 Å². The molecule has 0 saturated heterocycles. The minimum atomic E-state index is 1.24. The molecule has 4 heteroatoms. The van der Waals surface area contributed by atoms with Gasteiger partial charge in [0.15, 0.2) is 0 Å². The van der Waals surface area contributed by atoms with Crippen LogP contribution in [-0.2, 0) is 0 Å². The Morgan fingerprint density at radius 2 is 0.409 bits per heavy atom. The highest BCUT2D eigenvalue weighted by molar-refractivity contribution is 7.28. The molecule has 0 atom stereocenters. The second-order valence-electron chi connectivity index (χ2n) is 23.3. The average molecular weight is 1190 g/mol. The highest BCUT2D eigenvalue weighted by Gasteiger charge is 2.29. The van der Waals surface area contributed by atoms with Crippen LogP contribution in [0.5, 0.6) is 0 Å². The molecule has 0 bridgehead atoms. The lowest BCUT2D eigenvalue weighted by Gasteiger charge is -2.24. The quantitative estimate of drug-likeness (QED) is 0.115. The van der Waals surface area contributed by atoms with E-state index in [0.29, 0.717) is 0 Å². The van der Waals surface area contributed by atoms with Crippen molar-refractivity contribution in [2.24, 2.45) is 0 Å². The summed E-state index contributed by atoms with van der Waals surface area (Å²) in [4.78, 5) is 0. The average Bonchev–Trinajstić information content (AvgIpc) is 0.722. The van der Waals surface area contributed by atoms with Gasteiger partial charge in [-0.3, -0.25) is 0 Å². The SMILES string of the molecule is c1ccc(-c2ccc(-c3cc4cccc5sc6c(-c7ccc(-c8ccccc8)cc7)cc7cccc8sc3c(c45)-c6c78)cc2)cc1.c1ccc2cc(-c3cc4cccc5sc6c(-c7ccc8ccccc8c7)cc7cccc8sc3c(c45)-c6c78)ccc2c1. The molecule has 4 aliphatic rings. The second kappa shape index (κ2) is 19.7. The summed E-state index contributed by atoms with van der Waals surface area (Å²) in [5, 5.41) is 15.9. The van der Waals surface area contributed by atoms with Crippen molar-refractivity contribution < 1.29 is 0 Å². The summed E-state index contributed by atoms with van der Waals surface area (Å²) in [5.74, 6) is 0. The lowest BCUT2D eigenvalue weighted by Crippen LogP contribution is -1.95. The number of fused-ring (bicyclic) bond motifs is 2. The molecule has 0 spiro atoms. The van der Waals surface area contributed by atoms with Crippen LogP contribution < -0.4 is 0 Å². The van der Waals surface area contributed by atoms with Gasteiger partial charge in [0.1, 0.15) is 0 Å². The molecular weight excluding hydrogens is 1140 g/mol. The van der Waals surface area contributed by atoms with E-state index in [1.165, 1.54) is 191 Å². The van der Waals surface area contributed by atoms with Crippen molar-refractivity contribution in [2.45, 2.75) is 0 Å².